The molecule has 0 fully saturated rings. The molecule has 1 aromatic heterocycles. The third kappa shape index (κ3) is 1.18. The highest BCUT2D eigenvalue weighted by Gasteiger charge is 2.24. The minimum atomic E-state index is -0.0915. The zero-order valence-electron chi connectivity index (χ0n) is 8.47. The highest BCUT2D eigenvalue weighted by Crippen LogP contribution is 2.28. The van der Waals surface area contributed by atoms with Crippen molar-refractivity contribution < 1.29 is 4.79 Å². The second kappa shape index (κ2) is 3.10. The lowest BCUT2D eigenvalue weighted by molar-refractivity contribution is -0.116. The van der Waals surface area contributed by atoms with Gasteiger partial charge in [-0.2, -0.15) is 10.1 Å². The van der Waals surface area contributed by atoms with Crippen LogP contribution < -0.4 is 10.7 Å². The Morgan fingerprint density at radius 3 is 3.00 bits per heavy atom. The number of aromatic nitrogens is 1. The van der Waals surface area contributed by atoms with Gasteiger partial charge in [0.25, 0.3) is 5.91 Å². The average molecular weight is 214 g/mol. The van der Waals surface area contributed by atoms with Gasteiger partial charge in [-0.1, -0.05) is 6.07 Å². The van der Waals surface area contributed by atoms with E-state index in [1.165, 1.54) is 5.01 Å². The number of benzene rings is 1. The molecule has 1 aromatic carbocycles. The molecule has 3 N–H and O–H groups in total. The standard InChI is InChI=1S/C11H10N4O/c12-10-6-11(16)15(14-10)9-3-1-2-8-7(9)4-5-13-8/h1-5,13H,6H2,(H2,12,14). The molecule has 5 heteroatoms. The van der Waals surface area contributed by atoms with E-state index >= 15 is 0 Å². The van der Waals surface area contributed by atoms with E-state index in [4.69, 9.17) is 5.73 Å². The number of hydrogen-bond acceptors (Lipinski definition) is 3. The summed E-state index contributed by atoms with van der Waals surface area (Å²) in [5.74, 6) is 0.267. The number of nitrogens with zero attached hydrogens (tertiary/aromatic N) is 2. The van der Waals surface area contributed by atoms with Crippen LogP contribution in [0.3, 0.4) is 0 Å². The van der Waals surface area contributed by atoms with Crippen LogP contribution in [0.4, 0.5) is 5.69 Å². The van der Waals surface area contributed by atoms with Crippen LogP contribution in [0.15, 0.2) is 35.6 Å². The minimum Gasteiger partial charge on any atom is -0.385 e. The number of fused-ring (bicyclic) bond motifs is 1. The summed E-state index contributed by atoms with van der Waals surface area (Å²) >= 11 is 0. The topological polar surface area (TPSA) is 74.5 Å². The van der Waals surface area contributed by atoms with E-state index in [2.05, 4.69) is 10.1 Å². The summed E-state index contributed by atoms with van der Waals surface area (Å²) < 4.78 is 0. The largest absolute Gasteiger partial charge is 0.385 e. The third-order valence-electron chi connectivity index (χ3n) is 2.60. The van der Waals surface area contributed by atoms with Crippen molar-refractivity contribution in [2.45, 2.75) is 6.42 Å². The number of amides is 1. The molecular formula is C11H10N4O. The van der Waals surface area contributed by atoms with Crippen molar-refractivity contribution in [2.24, 2.45) is 10.8 Å². The summed E-state index contributed by atoms with van der Waals surface area (Å²) in [4.78, 5) is 14.8. The molecule has 0 saturated heterocycles. The Hall–Kier alpha value is -2.30. The van der Waals surface area contributed by atoms with Crippen molar-refractivity contribution in [3.63, 3.8) is 0 Å². The Balaban J connectivity index is 2.19. The number of hydrogen-bond donors (Lipinski definition) is 2. The fourth-order valence-corrected chi connectivity index (χ4v) is 1.89. The van der Waals surface area contributed by atoms with Crippen LogP contribution in [0.2, 0.25) is 0 Å². The number of rotatable bonds is 1. The lowest BCUT2D eigenvalue weighted by atomic mass is 10.2. The van der Waals surface area contributed by atoms with Gasteiger partial charge in [-0.05, 0) is 18.2 Å². The fourth-order valence-electron chi connectivity index (χ4n) is 1.89. The summed E-state index contributed by atoms with van der Waals surface area (Å²) in [5.41, 5.74) is 7.30. The molecule has 0 aliphatic carbocycles. The number of amidine groups is 1. The Morgan fingerprint density at radius 1 is 1.38 bits per heavy atom. The number of H-pyrrole nitrogens is 1. The summed E-state index contributed by atoms with van der Waals surface area (Å²) in [6, 6.07) is 7.61. The van der Waals surface area contributed by atoms with E-state index in [0.717, 1.165) is 16.6 Å². The SMILES string of the molecule is NC1=NN(c2cccc3[nH]ccc23)C(=O)C1. The second-order valence-corrected chi connectivity index (χ2v) is 3.69. The number of nitrogens with two attached hydrogens (primary N) is 1. The molecule has 0 spiro atoms. The molecule has 80 valence electrons. The molecule has 1 amide bonds. The van der Waals surface area contributed by atoms with Crippen molar-refractivity contribution in [1.29, 1.82) is 0 Å². The van der Waals surface area contributed by atoms with Crippen molar-refractivity contribution >= 4 is 28.3 Å². The van der Waals surface area contributed by atoms with Crippen molar-refractivity contribution in [3.8, 4) is 0 Å². The first kappa shape index (κ1) is 8.96. The quantitative estimate of drug-likeness (QED) is 0.747. The molecule has 0 unspecified atom stereocenters. The van der Waals surface area contributed by atoms with E-state index in [1.54, 1.807) is 0 Å². The maximum atomic E-state index is 11.7. The molecule has 1 aliphatic heterocycles. The van der Waals surface area contributed by atoms with E-state index < -0.39 is 0 Å². The van der Waals surface area contributed by atoms with Crippen LogP contribution in [0.1, 0.15) is 6.42 Å². The second-order valence-electron chi connectivity index (χ2n) is 3.69. The summed E-state index contributed by atoms with van der Waals surface area (Å²) in [5, 5.41) is 6.37. The van der Waals surface area contributed by atoms with Gasteiger partial charge in [-0.3, -0.25) is 4.79 Å². The number of anilines is 1. The monoisotopic (exact) mass is 214 g/mol. The number of aromatic amines is 1. The third-order valence-corrected chi connectivity index (χ3v) is 2.60. The van der Waals surface area contributed by atoms with E-state index in [0.29, 0.717) is 5.84 Å². The van der Waals surface area contributed by atoms with E-state index in [9.17, 15) is 4.79 Å². The predicted molar refractivity (Wildman–Crippen MR) is 62.0 cm³/mol. The molecule has 16 heavy (non-hydrogen) atoms. The first-order valence-electron chi connectivity index (χ1n) is 4.98. The minimum absolute atomic E-state index is 0.0915. The smallest absolute Gasteiger partial charge is 0.255 e. The van der Waals surface area contributed by atoms with Gasteiger partial charge in [0.15, 0.2) is 0 Å². The molecule has 2 heterocycles. The van der Waals surface area contributed by atoms with Crippen molar-refractivity contribution in [3.05, 3.63) is 30.5 Å². The number of carbonyl (C=O) groups is 1. The van der Waals surface area contributed by atoms with Gasteiger partial charge < -0.3 is 10.7 Å². The summed E-state index contributed by atoms with van der Waals surface area (Å²) in [6.07, 6.45) is 2.03. The van der Waals surface area contributed by atoms with Crippen LogP contribution in [-0.2, 0) is 4.79 Å². The molecular weight excluding hydrogens is 204 g/mol. The normalized spacial score (nSPS) is 15.9. The highest BCUT2D eigenvalue weighted by atomic mass is 16.2. The molecule has 0 saturated carbocycles. The van der Waals surface area contributed by atoms with Crippen molar-refractivity contribution in [2.75, 3.05) is 5.01 Å². The Labute approximate surface area is 91.5 Å². The van der Waals surface area contributed by atoms with Gasteiger partial charge >= 0.3 is 0 Å². The summed E-state index contributed by atoms with van der Waals surface area (Å²) in [7, 11) is 0. The first-order chi connectivity index (χ1) is 7.75. The van der Waals surface area contributed by atoms with Gasteiger partial charge in [0.05, 0.1) is 12.1 Å². The summed E-state index contributed by atoms with van der Waals surface area (Å²) in [6.45, 7) is 0. The van der Waals surface area contributed by atoms with Gasteiger partial charge in [0, 0.05) is 17.1 Å². The van der Waals surface area contributed by atoms with Crippen LogP contribution in [0, 0.1) is 0 Å². The zero-order valence-corrected chi connectivity index (χ0v) is 8.47. The Bertz CT molecular complexity index is 599. The molecule has 3 rings (SSSR count). The maximum absolute atomic E-state index is 11.7. The van der Waals surface area contributed by atoms with Crippen LogP contribution >= 0.6 is 0 Å². The molecule has 1 aliphatic rings. The molecule has 0 atom stereocenters. The number of hydrazone groups is 1. The average Bonchev–Trinajstić information content (AvgIpc) is 2.84. The Morgan fingerprint density at radius 2 is 2.25 bits per heavy atom. The van der Waals surface area contributed by atoms with Gasteiger partial charge in [0.1, 0.15) is 5.84 Å². The van der Waals surface area contributed by atoms with Gasteiger partial charge in [-0.15, -0.1) is 0 Å². The molecule has 0 bridgehead atoms. The van der Waals surface area contributed by atoms with Gasteiger partial charge in [-0.25, -0.2) is 0 Å². The zero-order chi connectivity index (χ0) is 11.1. The van der Waals surface area contributed by atoms with Crippen LogP contribution in [-0.4, -0.2) is 16.7 Å². The molecule has 5 nitrogen and oxygen atoms in total. The lowest BCUT2D eigenvalue weighted by Gasteiger charge is -2.12. The maximum Gasteiger partial charge on any atom is 0.255 e. The van der Waals surface area contributed by atoms with Crippen LogP contribution in [0.25, 0.3) is 10.9 Å². The fraction of sp³-hybridized carbons (Fsp3) is 0.0909. The number of nitrogens with one attached hydrogen (secondary N) is 1. The van der Waals surface area contributed by atoms with E-state index in [-0.39, 0.29) is 12.3 Å². The number of carbonyl (C=O) groups excluding carboxylic acids is 1. The first-order valence-corrected chi connectivity index (χ1v) is 4.98. The Kier molecular flexibility index (Phi) is 1.73. The lowest BCUT2D eigenvalue weighted by Crippen LogP contribution is -2.19. The van der Waals surface area contributed by atoms with E-state index in [1.807, 2.05) is 30.5 Å². The van der Waals surface area contributed by atoms with Gasteiger partial charge in [0.2, 0.25) is 0 Å². The van der Waals surface area contributed by atoms with Crippen molar-refractivity contribution in [1.82, 2.24) is 4.98 Å². The predicted octanol–water partition coefficient (Wildman–Crippen LogP) is 1.18. The molecule has 2 aromatic rings. The highest BCUT2D eigenvalue weighted by molar-refractivity contribution is 6.14. The molecule has 0 radical (unpaired) electrons. The van der Waals surface area contributed by atoms with Crippen LogP contribution in [0.5, 0.6) is 0 Å².